The summed E-state index contributed by atoms with van der Waals surface area (Å²) in [7, 11) is 1.73. The molecule has 0 bridgehead atoms. The van der Waals surface area contributed by atoms with Crippen molar-refractivity contribution in [3.8, 4) is 11.1 Å². The summed E-state index contributed by atoms with van der Waals surface area (Å²) >= 11 is 0. The van der Waals surface area contributed by atoms with Crippen LogP contribution in [-0.2, 0) is 9.47 Å². The maximum atomic E-state index is 11.3. The molecule has 3 atom stereocenters. The molecule has 2 N–H and O–H groups in total. The number of carboxylic acids is 1. The van der Waals surface area contributed by atoms with E-state index in [0.29, 0.717) is 12.1 Å². The molecule has 2 aromatic carbocycles. The fraction of sp³-hybridized carbons (Fsp3) is 0.458. The van der Waals surface area contributed by atoms with Crippen molar-refractivity contribution in [3.63, 3.8) is 0 Å². The third-order valence-corrected chi connectivity index (χ3v) is 5.74. The first kappa shape index (κ1) is 22.4. The predicted octanol–water partition coefficient (Wildman–Crippen LogP) is 3.52. The molecule has 0 radical (unpaired) electrons. The summed E-state index contributed by atoms with van der Waals surface area (Å²) in [6.07, 6.45) is 0.473. The van der Waals surface area contributed by atoms with E-state index in [9.17, 15) is 15.0 Å². The number of ether oxygens (including phenoxy) is 2. The Morgan fingerprint density at radius 1 is 1.27 bits per heavy atom. The Kier molecular flexibility index (Phi) is 7.61. The van der Waals surface area contributed by atoms with Crippen LogP contribution in [0.4, 0.5) is 0 Å². The Hall–Kier alpha value is -2.25. The maximum Gasteiger partial charge on any atom is 0.335 e. The van der Waals surface area contributed by atoms with Gasteiger partial charge in [0.15, 0.2) is 0 Å². The van der Waals surface area contributed by atoms with Gasteiger partial charge in [-0.15, -0.1) is 0 Å². The van der Waals surface area contributed by atoms with Gasteiger partial charge in [0.1, 0.15) is 0 Å². The van der Waals surface area contributed by atoms with Crippen LogP contribution in [0.2, 0.25) is 0 Å². The number of methoxy groups -OCH3 is 1. The van der Waals surface area contributed by atoms with Crippen molar-refractivity contribution in [1.29, 1.82) is 0 Å². The molecule has 6 nitrogen and oxygen atoms in total. The van der Waals surface area contributed by atoms with Crippen molar-refractivity contribution in [1.82, 2.24) is 4.90 Å². The van der Waals surface area contributed by atoms with E-state index < -0.39 is 12.1 Å². The quantitative estimate of drug-likeness (QED) is 0.655. The molecule has 0 spiro atoms. The van der Waals surface area contributed by atoms with Crippen molar-refractivity contribution in [2.24, 2.45) is 0 Å². The van der Waals surface area contributed by atoms with Gasteiger partial charge in [0, 0.05) is 26.7 Å². The monoisotopic (exact) mass is 413 g/mol. The van der Waals surface area contributed by atoms with E-state index in [1.165, 1.54) is 0 Å². The number of hydrogen-bond acceptors (Lipinski definition) is 5. The summed E-state index contributed by atoms with van der Waals surface area (Å²) < 4.78 is 11.4. The van der Waals surface area contributed by atoms with Crippen molar-refractivity contribution in [2.75, 3.05) is 33.4 Å². The minimum absolute atomic E-state index is 0.208. The zero-order valence-corrected chi connectivity index (χ0v) is 17.9. The largest absolute Gasteiger partial charge is 0.478 e. The molecule has 1 heterocycles. The molecule has 1 aliphatic heterocycles. The number of benzene rings is 2. The van der Waals surface area contributed by atoms with Crippen molar-refractivity contribution in [2.45, 2.75) is 38.6 Å². The van der Waals surface area contributed by atoms with Gasteiger partial charge in [0.05, 0.1) is 30.5 Å². The molecule has 0 amide bonds. The van der Waals surface area contributed by atoms with Crippen LogP contribution in [0.5, 0.6) is 0 Å². The number of aromatic carboxylic acids is 1. The SMILES string of the molecule is COC1CCN(CC(O)COC(C)c2ccccc2-c2ccc(C(=O)O)c(C)c2)C1. The molecule has 3 unspecified atom stereocenters. The van der Waals surface area contributed by atoms with E-state index in [2.05, 4.69) is 4.90 Å². The number of aliphatic hydroxyl groups is 1. The van der Waals surface area contributed by atoms with Gasteiger partial charge in [-0.25, -0.2) is 4.79 Å². The number of rotatable bonds is 9. The second kappa shape index (κ2) is 10.2. The molecular weight excluding hydrogens is 382 g/mol. The number of hydrogen-bond donors (Lipinski definition) is 2. The average Bonchev–Trinajstić information content (AvgIpc) is 3.19. The average molecular weight is 414 g/mol. The molecular formula is C24H31NO5. The van der Waals surface area contributed by atoms with Crippen LogP contribution in [0, 0.1) is 6.92 Å². The first-order valence-corrected chi connectivity index (χ1v) is 10.4. The Bertz CT molecular complexity index is 868. The molecule has 30 heavy (non-hydrogen) atoms. The second-order valence-electron chi connectivity index (χ2n) is 7.96. The van der Waals surface area contributed by atoms with Gasteiger partial charge in [-0.05, 0) is 48.6 Å². The topological polar surface area (TPSA) is 79.2 Å². The summed E-state index contributed by atoms with van der Waals surface area (Å²) in [6.45, 7) is 6.38. The van der Waals surface area contributed by atoms with Crippen LogP contribution in [0.25, 0.3) is 11.1 Å². The molecule has 0 aromatic heterocycles. The van der Waals surface area contributed by atoms with E-state index in [1.54, 1.807) is 20.1 Å². The third-order valence-electron chi connectivity index (χ3n) is 5.74. The number of carbonyl (C=O) groups is 1. The smallest absolute Gasteiger partial charge is 0.335 e. The molecule has 1 saturated heterocycles. The second-order valence-corrected chi connectivity index (χ2v) is 7.96. The molecule has 0 aliphatic carbocycles. The molecule has 2 aromatic rings. The highest BCUT2D eigenvalue weighted by Gasteiger charge is 2.24. The lowest BCUT2D eigenvalue weighted by molar-refractivity contribution is -0.0146. The summed E-state index contributed by atoms with van der Waals surface area (Å²) in [4.78, 5) is 13.5. The van der Waals surface area contributed by atoms with Crippen molar-refractivity contribution in [3.05, 3.63) is 59.2 Å². The number of aryl methyl sites for hydroxylation is 1. The van der Waals surface area contributed by atoms with Crippen molar-refractivity contribution >= 4 is 5.97 Å². The van der Waals surface area contributed by atoms with E-state index in [4.69, 9.17) is 9.47 Å². The maximum absolute atomic E-state index is 11.3. The Balaban J connectivity index is 1.65. The Morgan fingerprint density at radius 2 is 2.03 bits per heavy atom. The van der Waals surface area contributed by atoms with E-state index in [1.807, 2.05) is 43.3 Å². The first-order valence-electron chi connectivity index (χ1n) is 10.4. The van der Waals surface area contributed by atoms with Crippen LogP contribution >= 0.6 is 0 Å². The number of β-amino-alcohol motifs (C(OH)–C–C–N with tert-alkyl or cyclic N) is 1. The summed E-state index contributed by atoms with van der Waals surface area (Å²) in [5.74, 6) is -0.923. The lowest BCUT2D eigenvalue weighted by Crippen LogP contribution is -2.34. The van der Waals surface area contributed by atoms with Gasteiger partial charge in [-0.2, -0.15) is 0 Å². The van der Waals surface area contributed by atoms with Crippen molar-refractivity contribution < 1.29 is 24.5 Å². The zero-order chi connectivity index (χ0) is 21.7. The number of nitrogens with zero attached hydrogens (tertiary/aromatic N) is 1. The predicted molar refractivity (Wildman–Crippen MR) is 116 cm³/mol. The van der Waals surface area contributed by atoms with Crippen LogP contribution < -0.4 is 0 Å². The molecule has 0 saturated carbocycles. The number of aliphatic hydroxyl groups excluding tert-OH is 1. The lowest BCUT2D eigenvalue weighted by atomic mass is 9.94. The summed E-state index contributed by atoms with van der Waals surface area (Å²) in [6, 6.07) is 13.3. The molecule has 162 valence electrons. The highest BCUT2D eigenvalue weighted by atomic mass is 16.5. The third kappa shape index (κ3) is 5.46. The van der Waals surface area contributed by atoms with Gasteiger partial charge in [0.25, 0.3) is 0 Å². The highest BCUT2D eigenvalue weighted by Crippen LogP contribution is 2.31. The van der Waals surface area contributed by atoms with Gasteiger partial charge >= 0.3 is 5.97 Å². The minimum Gasteiger partial charge on any atom is -0.478 e. The van der Waals surface area contributed by atoms with Gasteiger partial charge in [-0.1, -0.05) is 36.4 Å². The van der Waals surface area contributed by atoms with Gasteiger partial charge < -0.3 is 19.7 Å². The van der Waals surface area contributed by atoms with Crippen LogP contribution in [0.3, 0.4) is 0 Å². The van der Waals surface area contributed by atoms with Gasteiger partial charge in [-0.3, -0.25) is 4.90 Å². The van der Waals surface area contributed by atoms with Crippen LogP contribution in [0.15, 0.2) is 42.5 Å². The Labute approximate surface area is 178 Å². The van der Waals surface area contributed by atoms with E-state index in [-0.39, 0.29) is 18.8 Å². The fourth-order valence-electron chi connectivity index (χ4n) is 4.04. The van der Waals surface area contributed by atoms with Crippen LogP contribution in [-0.4, -0.2) is 66.6 Å². The van der Waals surface area contributed by atoms with Crippen LogP contribution in [0.1, 0.15) is 40.9 Å². The number of carboxylic acid groups (broad SMARTS) is 1. The summed E-state index contributed by atoms with van der Waals surface area (Å²) in [5.41, 5.74) is 3.99. The zero-order valence-electron chi connectivity index (χ0n) is 17.9. The fourth-order valence-corrected chi connectivity index (χ4v) is 4.04. The van der Waals surface area contributed by atoms with E-state index in [0.717, 1.165) is 41.8 Å². The van der Waals surface area contributed by atoms with E-state index >= 15 is 0 Å². The standard InChI is InChI=1S/C24H31NO5/c1-16-12-18(8-9-21(16)24(27)28)23-7-5-4-6-22(23)17(2)30-15-19(26)13-25-11-10-20(14-25)29-3/h4-9,12,17,19-20,26H,10-11,13-15H2,1-3H3,(H,27,28). The highest BCUT2D eigenvalue weighted by molar-refractivity contribution is 5.90. The lowest BCUT2D eigenvalue weighted by Gasteiger charge is -2.23. The molecule has 6 heteroatoms. The van der Waals surface area contributed by atoms with Gasteiger partial charge in [0.2, 0.25) is 0 Å². The Morgan fingerprint density at radius 3 is 2.70 bits per heavy atom. The first-order chi connectivity index (χ1) is 14.4. The summed E-state index contributed by atoms with van der Waals surface area (Å²) in [5, 5.41) is 19.7. The normalized spacial score (nSPS) is 19.0. The number of likely N-dealkylation sites (tertiary alicyclic amines) is 1. The molecule has 1 fully saturated rings. The minimum atomic E-state index is -0.923. The molecule has 3 rings (SSSR count). The molecule has 1 aliphatic rings.